The Bertz CT molecular complexity index is 573. The molecule has 0 saturated heterocycles. The molecule has 3 rings (SSSR count). The van der Waals surface area contributed by atoms with E-state index in [9.17, 15) is 0 Å². The summed E-state index contributed by atoms with van der Waals surface area (Å²) in [5.74, 6) is 0. The predicted octanol–water partition coefficient (Wildman–Crippen LogP) is 1.95. The summed E-state index contributed by atoms with van der Waals surface area (Å²) in [6.07, 6.45) is 0. The molecule has 0 N–H and O–H groups in total. The van der Waals surface area contributed by atoms with Crippen LogP contribution in [0.4, 0.5) is 0 Å². The molecule has 0 amide bonds. The van der Waals surface area contributed by atoms with Crippen molar-refractivity contribution < 1.29 is 43.5 Å². The van der Waals surface area contributed by atoms with Gasteiger partial charge in [0.15, 0.2) is 0 Å². The average molecular weight is 434 g/mol. The zero-order valence-electron chi connectivity index (χ0n) is 9.60. The third-order valence-corrected chi connectivity index (χ3v) is 4.51. The van der Waals surface area contributed by atoms with Crippen molar-refractivity contribution in [2.24, 2.45) is 0 Å². The van der Waals surface area contributed by atoms with E-state index in [1.54, 1.807) is 11.3 Å². The molecule has 0 nitrogen and oxygen atoms in total. The summed E-state index contributed by atoms with van der Waals surface area (Å²) in [4.78, 5) is 3.95. The molecule has 0 aliphatic carbocycles. The summed E-state index contributed by atoms with van der Waals surface area (Å²) in [5.41, 5.74) is 1.29. The van der Waals surface area contributed by atoms with Gasteiger partial charge >= 0.3 is 19.5 Å². The molecule has 86 valence electrons. The molecule has 0 spiro atoms. The first-order valence-electron chi connectivity index (χ1n) is 5.05. The van der Waals surface area contributed by atoms with Gasteiger partial charge in [-0.1, -0.05) is 36.4 Å². The Morgan fingerprint density at radius 2 is 1.50 bits per heavy atom. The minimum Gasteiger partial charge on any atom is -1.00 e. The Balaban J connectivity index is 0.000000810. The van der Waals surface area contributed by atoms with E-state index >= 15 is 0 Å². The van der Waals surface area contributed by atoms with Crippen LogP contribution in [-0.2, 0) is 19.5 Å². The number of hydrogen-bond donors (Lipinski definition) is 0. The van der Waals surface area contributed by atoms with Gasteiger partial charge in [-0.3, -0.25) is 11.3 Å². The van der Waals surface area contributed by atoms with Gasteiger partial charge in [-0.25, -0.2) is 0 Å². The Kier molecular flexibility index (Phi) is 6.71. The molecule has 18 heavy (non-hydrogen) atoms. The minimum atomic E-state index is 0. The molecule has 0 radical (unpaired) electrons. The summed E-state index contributed by atoms with van der Waals surface area (Å²) in [7, 11) is 0. The summed E-state index contributed by atoms with van der Waals surface area (Å²) in [6.45, 7) is 0. The summed E-state index contributed by atoms with van der Waals surface area (Å²) in [6, 6.07) is 19.0. The maximum absolute atomic E-state index is 3.13. The van der Waals surface area contributed by atoms with Gasteiger partial charge < -0.3 is 24.0 Å². The first kappa shape index (κ1) is 16.0. The van der Waals surface area contributed by atoms with E-state index in [-0.39, 0.29) is 43.5 Å². The number of halogens is 1. The molecule has 0 fully saturated rings. The smallest absolute Gasteiger partial charge is 1.00 e. The van der Waals surface area contributed by atoms with Crippen molar-refractivity contribution in [2.45, 2.75) is 0 Å². The van der Waals surface area contributed by atoms with Crippen LogP contribution in [0.3, 0.4) is 0 Å². The first-order valence-corrected chi connectivity index (χ1v) is 6.68. The third kappa shape index (κ3) is 3.50. The Labute approximate surface area is 145 Å². The van der Waals surface area contributed by atoms with Crippen molar-refractivity contribution >= 4 is 22.7 Å². The molecule has 0 saturated carbocycles. The van der Waals surface area contributed by atoms with E-state index < -0.39 is 0 Å². The van der Waals surface area contributed by atoms with Gasteiger partial charge in [0.05, 0.1) is 0 Å². The molecule has 0 aliphatic heterocycles. The fourth-order valence-corrected chi connectivity index (χ4v) is 3.35. The molecule has 2 heterocycles. The fraction of sp³-hybridized carbons (Fsp3) is 0. The Hall–Kier alpha value is -0.0266. The zero-order chi connectivity index (χ0) is 10.8. The Morgan fingerprint density at radius 3 is 2.17 bits per heavy atom. The zero-order valence-corrected chi connectivity index (χ0v) is 16.4. The molecular formula is C14H9IS2Zn. The van der Waals surface area contributed by atoms with E-state index in [0.717, 1.165) is 0 Å². The van der Waals surface area contributed by atoms with Crippen molar-refractivity contribution in [3.05, 3.63) is 60.0 Å². The summed E-state index contributed by atoms with van der Waals surface area (Å²) < 4.78 is 0. The first-order chi connectivity index (χ1) is 7.93. The van der Waals surface area contributed by atoms with Crippen LogP contribution in [0.25, 0.3) is 20.2 Å². The second-order valence-corrected chi connectivity index (χ2v) is 5.41. The average Bonchev–Trinajstić information content (AvgIpc) is 3.01. The second-order valence-electron chi connectivity index (χ2n) is 3.45. The Morgan fingerprint density at radius 1 is 0.778 bits per heavy atom. The van der Waals surface area contributed by atoms with Crippen LogP contribution < -0.4 is 24.0 Å². The van der Waals surface area contributed by atoms with Gasteiger partial charge in [0.1, 0.15) is 0 Å². The fourth-order valence-electron chi connectivity index (χ4n) is 1.60. The molecule has 0 aliphatic rings. The predicted molar refractivity (Wildman–Crippen MR) is 71.9 cm³/mol. The molecular weight excluding hydrogens is 425 g/mol. The monoisotopic (exact) mass is 432 g/mol. The van der Waals surface area contributed by atoms with Gasteiger partial charge in [-0.15, -0.1) is 21.6 Å². The molecule has 4 heteroatoms. The van der Waals surface area contributed by atoms with Crippen LogP contribution in [0.2, 0.25) is 0 Å². The molecule has 1 aromatic carbocycles. The maximum atomic E-state index is 3.13. The molecule has 2 aromatic heterocycles. The van der Waals surface area contributed by atoms with Crippen LogP contribution in [-0.4, -0.2) is 0 Å². The van der Waals surface area contributed by atoms with E-state index in [4.69, 9.17) is 0 Å². The standard InChI is InChI=1S/C14H9S2.HI.Zn/c1-2-5-11(6-3-1)12-8-9-14(16-12)13-7-4-10-15-13;;/h1-9H;1H;/q-1;;+2/p-1. The SMILES string of the molecule is [I-].[Zn+2].[c-]1ccc(-c2ccc(-c3ccccc3)s2)s1. The van der Waals surface area contributed by atoms with Gasteiger partial charge in [0, 0.05) is 4.88 Å². The quantitative estimate of drug-likeness (QED) is 0.329. The van der Waals surface area contributed by atoms with Crippen molar-refractivity contribution in [1.82, 2.24) is 0 Å². The largest absolute Gasteiger partial charge is 2.00 e. The van der Waals surface area contributed by atoms with Gasteiger partial charge in [-0.05, 0) is 16.5 Å². The van der Waals surface area contributed by atoms with E-state index in [1.807, 2.05) is 23.5 Å². The van der Waals surface area contributed by atoms with Crippen LogP contribution >= 0.6 is 22.7 Å². The molecule has 3 aromatic rings. The molecule has 0 unspecified atom stereocenters. The number of thiophene rings is 2. The minimum absolute atomic E-state index is 0. The van der Waals surface area contributed by atoms with Gasteiger partial charge in [0.25, 0.3) is 0 Å². The van der Waals surface area contributed by atoms with Crippen molar-refractivity contribution in [3.8, 4) is 20.2 Å². The van der Waals surface area contributed by atoms with E-state index in [2.05, 4.69) is 47.8 Å². The van der Waals surface area contributed by atoms with Gasteiger partial charge in [-0.2, -0.15) is 12.1 Å². The topological polar surface area (TPSA) is 0 Å². The molecule has 0 atom stereocenters. The second kappa shape index (κ2) is 7.54. The van der Waals surface area contributed by atoms with Crippen molar-refractivity contribution in [3.63, 3.8) is 0 Å². The molecule has 0 bridgehead atoms. The van der Waals surface area contributed by atoms with Crippen LogP contribution in [0.15, 0.2) is 54.6 Å². The van der Waals surface area contributed by atoms with Gasteiger partial charge in [0.2, 0.25) is 0 Å². The third-order valence-electron chi connectivity index (χ3n) is 2.38. The van der Waals surface area contributed by atoms with Crippen LogP contribution in [0.1, 0.15) is 0 Å². The van der Waals surface area contributed by atoms with Crippen LogP contribution in [0.5, 0.6) is 0 Å². The maximum Gasteiger partial charge on any atom is 2.00 e. The summed E-state index contributed by atoms with van der Waals surface area (Å²) >= 11 is 3.50. The number of hydrogen-bond acceptors (Lipinski definition) is 2. The van der Waals surface area contributed by atoms with Crippen LogP contribution in [0, 0.1) is 5.38 Å². The van der Waals surface area contributed by atoms with Crippen molar-refractivity contribution in [1.29, 1.82) is 0 Å². The number of rotatable bonds is 2. The summed E-state index contributed by atoms with van der Waals surface area (Å²) in [5, 5.41) is 3.13. The van der Waals surface area contributed by atoms with E-state index in [1.165, 1.54) is 20.2 Å². The normalized spacial score (nSPS) is 9.33. The van der Waals surface area contributed by atoms with Crippen molar-refractivity contribution in [2.75, 3.05) is 0 Å². The van der Waals surface area contributed by atoms with E-state index in [0.29, 0.717) is 0 Å². The number of benzene rings is 1.